The van der Waals surface area contributed by atoms with Crippen molar-refractivity contribution in [2.75, 3.05) is 10.6 Å². The molecule has 3 amide bonds. The van der Waals surface area contributed by atoms with Gasteiger partial charge in [-0.1, -0.05) is 17.7 Å². The van der Waals surface area contributed by atoms with E-state index in [0.717, 1.165) is 37.7 Å². The lowest BCUT2D eigenvalue weighted by Gasteiger charge is -2.38. The largest absolute Gasteiger partial charge is 0.351 e. The number of fused-ring (bicyclic) bond motifs is 1. The molecule has 3 heterocycles. The minimum Gasteiger partial charge on any atom is -0.351 e. The molecule has 2 aromatic heterocycles. The lowest BCUT2D eigenvalue weighted by atomic mass is 9.73. The van der Waals surface area contributed by atoms with Crippen molar-refractivity contribution >= 4 is 52.8 Å². The predicted molar refractivity (Wildman–Crippen MR) is 127 cm³/mol. The van der Waals surface area contributed by atoms with Gasteiger partial charge in [0, 0.05) is 17.1 Å². The molecule has 6 rings (SSSR count). The van der Waals surface area contributed by atoms with Crippen LogP contribution in [0.1, 0.15) is 43.2 Å². The van der Waals surface area contributed by atoms with Gasteiger partial charge in [-0.05, 0) is 55.9 Å². The Balaban J connectivity index is 1.37. The number of rotatable bonds is 6. The first kappa shape index (κ1) is 20.9. The summed E-state index contributed by atoms with van der Waals surface area (Å²) in [5.74, 6) is 0.322. The van der Waals surface area contributed by atoms with Crippen LogP contribution in [-0.4, -0.2) is 37.6 Å². The van der Waals surface area contributed by atoms with Gasteiger partial charge in [-0.25, -0.2) is 4.79 Å². The molecule has 174 valence electrons. The molecule has 2 aliphatic carbocycles. The van der Waals surface area contributed by atoms with E-state index < -0.39 is 11.9 Å². The summed E-state index contributed by atoms with van der Waals surface area (Å²) in [7, 11) is 0. The Morgan fingerprint density at radius 3 is 2.68 bits per heavy atom. The molecule has 1 aromatic carbocycles. The zero-order valence-electron chi connectivity index (χ0n) is 18.1. The minimum absolute atomic E-state index is 0.120. The fourth-order valence-electron chi connectivity index (χ4n) is 4.09. The molecule has 0 spiro atoms. The van der Waals surface area contributed by atoms with E-state index in [9.17, 15) is 9.59 Å². The van der Waals surface area contributed by atoms with E-state index in [1.165, 1.54) is 6.08 Å². The number of hydrogen-bond acceptors (Lipinski definition) is 8. The molecule has 6 N–H and O–H groups in total. The topological polar surface area (TPSA) is 151 Å². The molecule has 3 aliphatic rings. The van der Waals surface area contributed by atoms with Crippen LogP contribution in [0.25, 0.3) is 11.7 Å². The Bertz CT molecular complexity index is 1370. The molecule has 1 aliphatic heterocycles. The maximum atomic E-state index is 12.0. The highest BCUT2D eigenvalue weighted by Gasteiger charge is 2.34. The first-order chi connectivity index (χ1) is 16.4. The zero-order valence-corrected chi connectivity index (χ0v) is 18.8. The van der Waals surface area contributed by atoms with Gasteiger partial charge in [0.15, 0.2) is 5.65 Å². The molecule has 3 aromatic rings. The number of nitrogens with zero attached hydrogens (tertiary/aromatic N) is 4. The number of halogens is 1. The number of imide groups is 1. The van der Waals surface area contributed by atoms with Gasteiger partial charge in [-0.15, -0.1) is 0 Å². The molecule has 34 heavy (non-hydrogen) atoms. The van der Waals surface area contributed by atoms with Crippen molar-refractivity contribution in [1.82, 2.24) is 30.2 Å². The summed E-state index contributed by atoms with van der Waals surface area (Å²) in [4.78, 5) is 32.6. The van der Waals surface area contributed by atoms with Gasteiger partial charge in [0.25, 0.3) is 5.91 Å². The zero-order chi connectivity index (χ0) is 23.4. The SMILES string of the molecule is NC1(c2ccc(Nc3nc(NC4CC4)n4ncc(/C=C5\NC(=O)NC5=O)c4n3)c(Cl)c2)CCC1. The van der Waals surface area contributed by atoms with Gasteiger partial charge in [0.2, 0.25) is 11.9 Å². The van der Waals surface area contributed by atoms with E-state index in [-0.39, 0.29) is 11.2 Å². The van der Waals surface area contributed by atoms with Crippen LogP contribution in [0, 0.1) is 0 Å². The van der Waals surface area contributed by atoms with Crippen LogP contribution in [-0.2, 0) is 10.3 Å². The van der Waals surface area contributed by atoms with Crippen molar-refractivity contribution in [2.45, 2.75) is 43.7 Å². The van der Waals surface area contributed by atoms with Crippen molar-refractivity contribution in [1.29, 1.82) is 0 Å². The van der Waals surface area contributed by atoms with E-state index in [2.05, 4.69) is 36.3 Å². The Morgan fingerprint density at radius 2 is 2.03 bits per heavy atom. The van der Waals surface area contributed by atoms with Crippen molar-refractivity contribution in [3.05, 3.63) is 46.2 Å². The summed E-state index contributed by atoms with van der Waals surface area (Å²) in [6.07, 6.45) is 8.21. The van der Waals surface area contributed by atoms with Gasteiger partial charge >= 0.3 is 6.03 Å². The molecule has 2 saturated carbocycles. The van der Waals surface area contributed by atoms with Gasteiger partial charge < -0.3 is 21.7 Å². The quantitative estimate of drug-likeness (QED) is 0.267. The highest BCUT2D eigenvalue weighted by molar-refractivity contribution is 6.33. The fraction of sp³-hybridized carbons (Fsp3) is 0.318. The van der Waals surface area contributed by atoms with Crippen LogP contribution in [0.2, 0.25) is 5.02 Å². The second kappa shape index (κ2) is 7.67. The number of nitrogens with one attached hydrogen (secondary N) is 4. The number of carbonyl (C=O) groups is 2. The second-order valence-corrected chi connectivity index (χ2v) is 9.33. The normalized spacial score (nSPS) is 20.2. The summed E-state index contributed by atoms with van der Waals surface area (Å²) in [6, 6.07) is 5.50. The third kappa shape index (κ3) is 3.72. The molecule has 0 bridgehead atoms. The summed E-state index contributed by atoms with van der Waals surface area (Å²) < 4.78 is 1.57. The number of carbonyl (C=O) groups excluding carboxylic acids is 2. The fourth-order valence-corrected chi connectivity index (χ4v) is 4.31. The van der Waals surface area contributed by atoms with Gasteiger partial charge in [-0.2, -0.15) is 19.6 Å². The highest BCUT2D eigenvalue weighted by atomic mass is 35.5. The molecular weight excluding hydrogens is 458 g/mol. The molecule has 0 unspecified atom stereocenters. The molecule has 1 saturated heterocycles. The van der Waals surface area contributed by atoms with Crippen LogP contribution < -0.4 is 27.0 Å². The molecule has 12 heteroatoms. The van der Waals surface area contributed by atoms with Gasteiger partial charge in [-0.3, -0.25) is 10.1 Å². The van der Waals surface area contributed by atoms with Gasteiger partial charge in [0.05, 0.1) is 16.9 Å². The number of anilines is 3. The number of urea groups is 1. The monoisotopic (exact) mass is 479 g/mol. The average Bonchev–Trinajstić information content (AvgIpc) is 3.42. The summed E-state index contributed by atoms with van der Waals surface area (Å²) in [5, 5.41) is 16.1. The number of aromatic nitrogens is 4. The lowest BCUT2D eigenvalue weighted by molar-refractivity contribution is -0.115. The van der Waals surface area contributed by atoms with Crippen LogP contribution in [0.5, 0.6) is 0 Å². The van der Waals surface area contributed by atoms with Crippen molar-refractivity contribution in [3.63, 3.8) is 0 Å². The van der Waals surface area contributed by atoms with E-state index >= 15 is 0 Å². The molecule has 11 nitrogen and oxygen atoms in total. The Labute approximate surface area is 199 Å². The van der Waals surface area contributed by atoms with E-state index in [1.54, 1.807) is 10.7 Å². The van der Waals surface area contributed by atoms with Crippen LogP contribution in [0.4, 0.5) is 22.4 Å². The second-order valence-electron chi connectivity index (χ2n) is 8.92. The summed E-state index contributed by atoms with van der Waals surface area (Å²) in [5.41, 5.74) is 8.93. The first-order valence-electron chi connectivity index (χ1n) is 11.1. The van der Waals surface area contributed by atoms with Crippen LogP contribution in [0.3, 0.4) is 0 Å². The molecule has 0 radical (unpaired) electrons. The molecule has 0 atom stereocenters. The molecular formula is C22H22ClN9O2. The Hall–Kier alpha value is -3.70. The highest BCUT2D eigenvalue weighted by Crippen LogP contribution is 2.40. The van der Waals surface area contributed by atoms with E-state index in [1.807, 2.05) is 18.2 Å². The Kier molecular flexibility index (Phi) is 4.71. The Morgan fingerprint density at radius 1 is 1.21 bits per heavy atom. The third-order valence-corrected chi connectivity index (χ3v) is 6.67. The number of amides is 3. The number of hydrogen-bond donors (Lipinski definition) is 5. The smallest absolute Gasteiger partial charge is 0.326 e. The van der Waals surface area contributed by atoms with Gasteiger partial charge in [0.1, 0.15) is 5.70 Å². The predicted octanol–water partition coefficient (Wildman–Crippen LogP) is 2.61. The summed E-state index contributed by atoms with van der Waals surface area (Å²) >= 11 is 6.57. The van der Waals surface area contributed by atoms with Crippen LogP contribution >= 0.6 is 11.6 Å². The van der Waals surface area contributed by atoms with Crippen LogP contribution in [0.15, 0.2) is 30.1 Å². The molecule has 3 fully saturated rings. The maximum Gasteiger partial charge on any atom is 0.326 e. The van der Waals surface area contributed by atoms with E-state index in [0.29, 0.717) is 39.9 Å². The summed E-state index contributed by atoms with van der Waals surface area (Å²) in [6.45, 7) is 0. The minimum atomic E-state index is -0.569. The van der Waals surface area contributed by atoms with E-state index in [4.69, 9.17) is 17.3 Å². The standard InChI is InChI=1S/C22H22ClN9O2/c23-14-9-12(22(24)6-1-7-22)2-5-15(14)27-19-29-17-11(8-16-18(33)30-21(34)28-16)10-25-32(17)20(31-19)26-13-3-4-13/h2,5,8-10,13H,1,3-4,6-7,24H2,(H2,26,27,29,31)(H2,28,30,33,34)/b16-8-. The third-order valence-electron chi connectivity index (χ3n) is 6.36. The first-order valence-corrected chi connectivity index (χ1v) is 11.5. The average molecular weight is 480 g/mol. The number of nitrogens with two attached hydrogens (primary N) is 1. The van der Waals surface area contributed by atoms with Crippen molar-refractivity contribution in [3.8, 4) is 0 Å². The number of benzene rings is 1. The van der Waals surface area contributed by atoms with Crippen molar-refractivity contribution in [2.24, 2.45) is 5.73 Å². The van der Waals surface area contributed by atoms with Crippen molar-refractivity contribution < 1.29 is 9.59 Å². The lowest BCUT2D eigenvalue weighted by Crippen LogP contribution is -2.43. The maximum absolute atomic E-state index is 12.0.